The first-order chi connectivity index (χ1) is 8.35. The van der Waals surface area contributed by atoms with Crippen molar-refractivity contribution < 1.29 is 19.8 Å². The number of aliphatic carboxylic acids is 1. The van der Waals surface area contributed by atoms with Crippen molar-refractivity contribution in [3.63, 3.8) is 0 Å². The standard InChI is InChI=1S/C12H22N2O4/c1-12(2)4-6-14(7-5-12)11(18)13-9(3-8-15)10(16)17/h9,15H,3-8H2,1-2H3,(H,13,18)(H,16,17)/t9-/m1/s1. The van der Waals surface area contributed by atoms with E-state index in [1.165, 1.54) is 0 Å². The highest BCUT2D eigenvalue weighted by Gasteiger charge is 2.29. The molecule has 1 rings (SSSR count). The monoisotopic (exact) mass is 258 g/mol. The average Bonchev–Trinajstić information content (AvgIpc) is 2.28. The molecule has 1 saturated heterocycles. The quantitative estimate of drug-likeness (QED) is 0.690. The van der Waals surface area contributed by atoms with Crippen molar-refractivity contribution in [3.8, 4) is 0 Å². The third kappa shape index (κ3) is 4.18. The van der Waals surface area contributed by atoms with Crippen LogP contribution < -0.4 is 5.32 Å². The van der Waals surface area contributed by atoms with Gasteiger partial charge in [0, 0.05) is 26.1 Å². The second kappa shape index (κ2) is 6.04. The minimum absolute atomic E-state index is 0.0282. The van der Waals surface area contributed by atoms with Gasteiger partial charge in [-0.15, -0.1) is 0 Å². The van der Waals surface area contributed by atoms with Crippen molar-refractivity contribution in [2.24, 2.45) is 5.41 Å². The summed E-state index contributed by atoms with van der Waals surface area (Å²) in [5.41, 5.74) is 0.244. The number of aliphatic hydroxyl groups excluding tert-OH is 1. The first kappa shape index (κ1) is 14.8. The maximum Gasteiger partial charge on any atom is 0.326 e. The molecule has 0 aromatic heterocycles. The molecule has 1 aliphatic heterocycles. The molecule has 1 aliphatic rings. The molecule has 0 aliphatic carbocycles. The van der Waals surface area contributed by atoms with Crippen LogP contribution in [0.3, 0.4) is 0 Å². The number of nitrogens with one attached hydrogen (secondary N) is 1. The highest BCUT2D eigenvalue weighted by Crippen LogP contribution is 2.29. The van der Waals surface area contributed by atoms with Gasteiger partial charge in [-0.2, -0.15) is 0 Å². The third-order valence-corrected chi connectivity index (χ3v) is 3.42. The molecule has 1 atom stereocenters. The molecule has 6 nitrogen and oxygen atoms in total. The van der Waals surface area contributed by atoms with Crippen molar-refractivity contribution >= 4 is 12.0 Å². The number of carbonyl (C=O) groups excluding carboxylic acids is 1. The molecule has 0 bridgehead atoms. The van der Waals surface area contributed by atoms with Crippen LogP contribution in [-0.4, -0.2) is 52.9 Å². The van der Waals surface area contributed by atoms with Crippen LogP contribution >= 0.6 is 0 Å². The van der Waals surface area contributed by atoms with E-state index < -0.39 is 12.0 Å². The number of likely N-dealkylation sites (tertiary alicyclic amines) is 1. The lowest BCUT2D eigenvalue weighted by molar-refractivity contribution is -0.139. The minimum Gasteiger partial charge on any atom is -0.480 e. The first-order valence-corrected chi connectivity index (χ1v) is 6.25. The number of rotatable bonds is 4. The largest absolute Gasteiger partial charge is 0.480 e. The maximum absolute atomic E-state index is 11.9. The normalized spacial score (nSPS) is 20.3. The van der Waals surface area contributed by atoms with Crippen molar-refractivity contribution in [1.29, 1.82) is 0 Å². The average molecular weight is 258 g/mol. The van der Waals surface area contributed by atoms with Crippen molar-refractivity contribution in [2.75, 3.05) is 19.7 Å². The zero-order valence-corrected chi connectivity index (χ0v) is 11.0. The number of piperidine rings is 1. The molecule has 0 aromatic rings. The van der Waals surface area contributed by atoms with Gasteiger partial charge in [-0.3, -0.25) is 0 Å². The molecule has 0 radical (unpaired) electrons. The Morgan fingerprint density at radius 1 is 1.33 bits per heavy atom. The fourth-order valence-corrected chi connectivity index (χ4v) is 1.94. The Kier molecular flexibility index (Phi) is 4.95. The molecule has 1 heterocycles. The van der Waals surface area contributed by atoms with Gasteiger partial charge in [-0.05, 0) is 18.3 Å². The van der Waals surface area contributed by atoms with Crippen molar-refractivity contribution in [2.45, 2.75) is 39.2 Å². The summed E-state index contributed by atoms with van der Waals surface area (Å²) in [6, 6.07) is -1.37. The van der Waals surface area contributed by atoms with Crippen LogP contribution in [0.15, 0.2) is 0 Å². The van der Waals surface area contributed by atoms with E-state index in [1.54, 1.807) is 4.90 Å². The van der Waals surface area contributed by atoms with Gasteiger partial charge < -0.3 is 20.4 Å². The lowest BCUT2D eigenvalue weighted by Crippen LogP contribution is -2.51. The number of carboxylic acids is 1. The summed E-state index contributed by atoms with van der Waals surface area (Å²) < 4.78 is 0. The predicted octanol–water partition coefficient (Wildman–Crippen LogP) is 0.654. The van der Waals surface area contributed by atoms with E-state index in [0.717, 1.165) is 12.8 Å². The lowest BCUT2D eigenvalue weighted by atomic mass is 9.83. The Morgan fingerprint density at radius 2 is 1.89 bits per heavy atom. The molecular weight excluding hydrogens is 236 g/mol. The van der Waals surface area contributed by atoms with Gasteiger partial charge in [0.15, 0.2) is 0 Å². The van der Waals surface area contributed by atoms with Crippen LogP contribution in [0, 0.1) is 5.41 Å². The van der Waals surface area contributed by atoms with Crippen LogP contribution in [0.25, 0.3) is 0 Å². The van der Waals surface area contributed by atoms with Gasteiger partial charge in [-0.1, -0.05) is 13.8 Å². The zero-order valence-electron chi connectivity index (χ0n) is 11.0. The Hall–Kier alpha value is -1.30. The first-order valence-electron chi connectivity index (χ1n) is 6.25. The van der Waals surface area contributed by atoms with E-state index in [4.69, 9.17) is 10.2 Å². The van der Waals surface area contributed by atoms with E-state index in [2.05, 4.69) is 19.2 Å². The van der Waals surface area contributed by atoms with Gasteiger partial charge in [0.05, 0.1) is 0 Å². The number of urea groups is 1. The molecule has 0 unspecified atom stereocenters. The third-order valence-electron chi connectivity index (χ3n) is 3.42. The van der Waals surface area contributed by atoms with Gasteiger partial charge >= 0.3 is 12.0 Å². The Labute approximate surface area is 107 Å². The summed E-state index contributed by atoms with van der Waals surface area (Å²) in [6.07, 6.45) is 1.86. The van der Waals surface area contributed by atoms with Crippen LogP contribution in [0.2, 0.25) is 0 Å². The smallest absolute Gasteiger partial charge is 0.326 e. The number of carbonyl (C=O) groups is 2. The minimum atomic E-state index is -1.12. The van der Waals surface area contributed by atoms with Crippen molar-refractivity contribution in [3.05, 3.63) is 0 Å². The number of carboxylic acid groups (broad SMARTS) is 1. The van der Waals surface area contributed by atoms with E-state index in [9.17, 15) is 9.59 Å². The molecule has 0 aromatic carbocycles. The SMILES string of the molecule is CC1(C)CCN(C(=O)N[C@H](CCO)C(=O)O)CC1. The summed E-state index contributed by atoms with van der Waals surface area (Å²) >= 11 is 0. The lowest BCUT2D eigenvalue weighted by Gasteiger charge is -2.37. The Bertz CT molecular complexity index is 307. The number of aliphatic hydroxyl groups is 1. The van der Waals surface area contributed by atoms with E-state index in [1.807, 2.05) is 0 Å². The van der Waals surface area contributed by atoms with Gasteiger partial charge in [0.2, 0.25) is 0 Å². The summed E-state index contributed by atoms with van der Waals surface area (Å²) in [5.74, 6) is -1.12. The van der Waals surface area contributed by atoms with Crippen LogP contribution in [0.1, 0.15) is 33.1 Å². The Balaban J connectivity index is 2.47. The van der Waals surface area contributed by atoms with Crippen LogP contribution in [0.4, 0.5) is 4.79 Å². The Morgan fingerprint density at radius 3 is 2.33 bits per heavy atom. The number of nitrogens with zero attached hydrogens (tertiary/aromatic N) is 1. The highest BCUT2D eigenvalue weighted by atomic mass is 16.4. The van der Waals surface area contributed by atoms with Crippen molar-refractivity contribution in [1.82, 2.24) is 10.2 Å². The molecule has 104 valence electrons. The zero-order chi connectivity index (χ0) is 13.8. The van der Waals surface area contributed by atoms with Crippen LogP contribution in [0.5, 0.6) is 0 Å². The van der Waals surface area contributed by atoms with E-state index in [0.29, 0.717) is 13.1 Å². The molecule has 1 fully saturated rings. The van der Waals surface area contributed by atoms with Gasteiger partial charge in [-0.25, -0.2) is 9.59 Å². The van der Waals surface area contributed by atoms with Gasteiger partial charge in [0.1, 0.15) is 6.04 Å². The second-order valence-corrected chi connectivity index (χ2v) is 5.50. The molecule has 2 amide bonds. The summed E-state index contributed by atoms with van der Waals surface area (Å²) in [6.45, 7) is 5.35. The molecular formula is C12H22N2O4. The van der Waals surface area contributed by atoms with E-state index >= 15 is 0 Å². The molecule has 6 heteroatoms. The van der Waals surface area contributed by atoms with Gasteiger partial charge in [0.25, 0.3) is 0 Å². The number of hydrogen-bond acceptors (Lipinski definition) is 3. The number of hydrogen-bond donors (Lipinski definition) is 3. The number of amides is 2. The molecule has 3 N–H and O–H groups in total. The molecule has 0 spiro atoms. The molecule has 18 heavy (non-hydrogen) atoms. The fraction of sp³-hybridized carbons (Fsp3) is 0.833. The summed E-state index contributed by atoms with van der Waals surface area (Å²) in [7, 11) is 0. The fourth-order valence-electron chi connectivity index (χ4n) is 1.94. The topological polar surface area (TPSA) is 89.9 Å². The highest BCUT2D eigenvalue weighted by molar-refractivity contribution is 5.82. The van der Waals surface area contributed by atoms with Crippen LogP contribution in [-0.2, 0) is 4.79 Å². The summed E-state index contributed by atoms with van der Waals surface area (Å²) in [4.78, 5) is 24.4. The predicted molar refractivity (Wildman–Crippen MR) is 66.2 cm³/mol. The molecule has 0 saturated carbocycles. The second-order valence-electron chi connectivity index (χ2n) is 5.50. The summed E-state index contributed by atoms with van der Waals surface area (Å²) in [5, 5.41) is 20.1. The van der Waals surface area contributed by atoms with E-state index in [-0.39, 0.29) is 24.5 Å². The maximum atomic E-state index is 11.9.